The van der Waals surface area contributed by atoms with Crippen LogP contribution in [-0.2, 0) is 23.0 Å². The zero-order valence-corrected chi connectivity index (χ0v) is 17.6. The van der Waals surface area contributed by atoms with E-state index in [0.29, 0.717) is 18.7 Å². The first-order valence-corrected chi connectivity index (χ1v) is 10.7. The fourth-order valence-electron chi connectivity index (χ4n) is 2.84. The Morgan fingerprint density at radius 2 is 2.03 bits per heavy atom. The summed E-state index contributed by atoms with van der Waals surface area (Å²) in [7, 11) is -4.00. The molecule has 3 aromatic rings. The fraction of sp³-hybridized carbons (Fsp3) is 0.316. The summed E-state index contributed by atoms with van der Waals surface area (Å²) in [5.74, 6) is -0.663. The van der Waals surface area contributed by atoms with Gasteiger partial charge in [0.25, 0.3) is 0 Å². The van der Waals surface area contributed by atoms with Gasteiger partial charge in [0.15, 0.2) is 0 Å². The molecule has 9 nitrogen and oxygen atoms in total. The Bertz CT molecular complexity index is 1170. The van der Waals surface area contributed by atoms with E-state index < -0.39 is 21.4 Å². The number of primary sulfonamides is 1. The molecule has 0 amide bonds. The fourth-order valence-corrected chi connectivity index (χ4v) is 3.36. The molecule has 0 spiro atoms. The van der Waals surface area contributed by atoms with Crippen molar-refractivity contribution < 1.29 is 17.9 Å². The van der Waals surface area contributed by atoms with E-state index in [1.165, 1.54) is 12.1 Å². The van der Waals surface area contributed by atoms with Crippen molar-refractivity contribution in [2.45, 2.75) is 44.2 Å². The van der Waals surface area contributed by atoms with Crippen LogP contribution < -0.4 is 10.5 Å². The Balaban J connectivity index is 1.92. The number of hydrogen-bond donors (Lipinski definition) is 3. The smallest absolute Gasteiger partial charge is 0.238 e. The number of nitrogens with one attached hydrogen (secondary N) is 1. The van der Waals surface area contributed by atoms with Crippen LogP contribution in [0.1, 0.15) is 26.3 Å². The molecule has 11 heteroatoms. The number of sulfonamides is 1. The normalized spacial score (nSPS) is 12.2. The maximum atomic E-state index is 14.3. The molecular weight excluding hydrogens is 411 g/mol. The molecule has 160 valence electrons. The lowest BCUT2D eigenvalue weighted by atomic mass is 10.1. The Kier molecular flexibility index (Phi) is 5.88. The second-order valence-corrected chi connectivity index (χ2v) is 9.03. The molecule has 0 unspecified atom stereocenters. The van der Waals surface area contributed by atoms with Gasteiger partial charge >= 0.3 is 0 Å². The first-order chi connectivity index (χ1) is 14.0. The Morgan fingerprint density at radius 1 is 1.30 bits per heavy atom. The van der Waals surface area contributed by atoms with Crippen LogP contribution in [0.5, 0.6) is 0 Å². The Labute approximate surface area is 173 Å². The summed E-state index contributed by atoms with van der Waals surface area (Å²) in [5, 5.41) is 22.0. The number of rotatable bonds is 7. The lowest BCUT2D eigenvalue weighted by molar-refractivity contribution is 0.0577. The van der Waals surface area contributed by atoms with Gasteiger partial charge in [0.2, 0.25) is 16.0 Å². The predicted octanol–water partition coefficient (Wildman–Crippen LogP) is 2.20. The minimum absolute atomic E-state index is 0.00956. The summed E-state index contributed by atoms with van der Waals surface area (Å²) in [6.45, 7) is 5.65. The molecule has 0 aliphatic heterocycles. The summed E-state index contributed by atoms with van der Waals surface area (Å²) in [6, 6.07) is 3.29. The highest BCUT2D eigenvalue weighted by Crippen LogP contribution is 2.25. The standard InChI is InChI=1S/C19H23FN6O3S/c1-4-12-8-22-18(24-16-6-5-14(7-15(16)20)30(21,28)29)25-17(12)13-9-23-26(10-13)11-19(2,3)27/h5-10,27H,4,11H2,1-3H3,(H2,21,28,29)(H,22,24,25). The third kappa shape index (κ3) is 5.17. The summed E-state index contributed by atoms with van der Waals surface area (Å²) < 4.78 is 38.7. The van der Waals surface area contributed by atoms with Crippen molar-refractivity contribution >= 4 is 21.7 Å². The van der Waals surface area contributed by atoms with E-state index in [2.05, 4.69) is 20.4 Å². The second-order valence-electron chi connectivity index (χ2n) is 7.47. The number of anilines is 2. The van der Waals surface area contributed by atoms with Gasteiger partial charge in [0.1, 0.15) is 5.82 Å². The molecule has 30 heavy (non-hydrogen) atoms. The topological polar surface area (TPSA) is 136 Å². The lowest BCUT2D eigenvalue weighted by Gasteiger charge is -2.16. The van der Waals surface area contributed by atoms with Crippen LogP contribution >= 0.6 is 0 Å². The zero-order chi connectivity index (χ0) is 22.1. The van der Waals surface area contributed by atoms with E-state index in [0.717, 1.165) is 17.2 Å². The number of aromatic nitrogens is 4. The third-order valence-electron chi connectivity index (χ3n) is 4.22. The van der Waals surface area contributed by atoms with Crippen LogP contribution in [0, 0.1) is 5.82 Å². The minimum Gasteiger partial charge on any atom is -0.389 e. The van der Waals surface area contributed by atoms with Crippen LogP contribution in [0.15, 0.2) is 41.7 Å². The van der Waals surface area contributed by atoms with Gasteiger partial charge in [-0.3, -0.25) is 4.68 Å². The van der Waals surface area contributed by atoms with Gasteiger partial charge in [0, 0.05) is 18.0 Å². The number of hydrogen-bond acceptors (Lipinski definition) is 7. The lowest BCUT2D eigenvalue weighted by Crippen LogP contribution is -2.26. The number of aryl methyl sites for hydroxylation is 1. The van der Waals surface area contributed by atoms with Crippen molar-refractivity contribution in [2.24, 2.45) is 5.14 Å². The summed E-state index contributed by atoms with van der Waals surface area (Å²) in [4.78, 5) is 8.37. The molecule has 4 N–H and O–H groups in total. The first-order valence-electron chi connectivity index (χ1n) is 9.17. The minimum atomic E-state index is -4.00. The predicted molar refractivity (Wildman–Crippen MR) is 110 cm³/mol. The van der Waals surface area contributed by atoms with Gasteiger partial charge in [-0.1, -0.05) is 6.92 Å². The van der Waals surface area contributed by atoms with E-state index >= 15 is 0 Å². The van der Waals surface area contributed by atoms with E-state index in [4.69, 9.17) is 5.14 Å². The monoisotopic (exact) mass is 434 g/mol. The molecular formula is C19H23FN6O3S. The number of aliphatic hydroxyl groups is 1. The van der Waals surface area contributed by atoms with Crippen molar-refractivity contribution in [3.63, 3.8) is 0 Å². The maximum absolute atomic E-state index is 14.3. The Morgan fingerprint density at radius 3 is 2.63 bits per heavy atom. The van der Waals surface area contributed by atoms with E-state index in [9.17, 15) is 17.9 Å². The number of nitrogens with zero attached hydrogens (tertiary/aromatic N) is 4. The molecule has 0 aliphatic rings. The molecule has 0 fully saturated rings. The molecule has 0 bridgehead atoms. The van der Waals surface area contributed by atoms with Crippen LogP contribution in [0.3, 0.4) is 0 Å². The summed E-state index contributed by atoms with van der Waals surface area (Å²) >= 11 is 0. The van der Waals surface area contributed by atoms with Crippen LogP contribution in [0.25, 0.3) is 11.3 Å². The van der Waals surface area contributed by atoms with Crippen LogP contribution in [-0.4, -0.2) is 38.9 Å². The maximum Gasteiger partial charge on any atom is 0.238 e. The van der Waals surface area contributed by atoms with Gasteiger partial charge < -0.3 is 10.4 Å². The van der Waals surface area contributed by atoms with Gasteiger partial charge in [0.05, 0.1) is 34.6 Å². The van der Waals surface area contributed by atoms with E-state index in [1.807, 2.05) is 6.92 Å². The van der Waals surface area contributed by atoms with E-state index in [-0.39, 0.29) is 16.5 Å². The average molecular weight is 434 g/mol. The van der Waals surface area contributed by atoms with Crippen molar-refractivity contribution in [2.75, 3.05) is 5.32 Å². The first kappa shape index (κ1) is 21.8. The zero-order valence-electron chi connectivity index (χ0n) is 16.8. The van der Waals surface area contributed by atoms with Gasteiger partial charge in [-0.25, -0.2) is 27.9 Å². The molecule has 2 aromatic heterocycles. The molecule has 2 heterocycles. The molecule has 1 aromatic carbocycles. The van der Waals surface area contributed by atoms with E-state index in [1.54, 1.807) is 37.1 Å². The van der Waals surface area contributed by atoms with Crippen LogP contribution in [0.2, 0.25) is 0 Å². The highest BCUT2D eigenvalue weighted by Gasteiger charge is 2.17. The highest BCUT2D eigenvalue weighted by molar-refractivity contribution is 7.89. The number of halogens is 1. The largest absolute Gasteiger partial charge is 0.389 e. The number of nitrogens with two attached hydrogens (primary N) is 1. The third-order valence-corrected chi connectivity index (χ3v) is 5.13. The summed E-state index contributed by atoms with van der Waals surface area (Å²) in [5.41, 5.74) is 1.31. The summed E-state index contributed by atoms with van der Waals surface area (Å²) in [6.07, 6.45) is 5.71. The molecule has 0 saturated carbocycles. The quantitative estimate of drug-likeness (QED) is 0.518. The Hall–Kier alpha value is -2.89. The SMILES string of the molecule is CCc1cnc(Nc2ccc(S(N)(=O)=O)cc2F)nc1-c1cnn(CC(C)(C)O)c1. The molecule has 0 aliphatic carbocycles. The second kappa shape index (κ2) is 8.09. The highest BCUT2D eigenvalue weighted by atomic mass is 32.2. The molecule has 0 atom stereocenters. The van der Waals surface area contributed by atoms with Crippen LogP contribution in [0.4, 0.5) is 16.0 Å². The molecule has 0 radical (unpaired) electrons. The molecule has 0 saturated heterocycles. The van der Waals surface area contributed by atoms with Crippen molar-refractivity contribution in [3.05, 3.63) is 48.2 Å². The number of benzene rings is 1. The van der Waals surface area contributed by atoms with Crippen molar-refractivity contribution in [1.82, 2.24) is 19.7 Å². The van der Waals surface area contributed by atoms with Crippen molar-refractivity contribution in [3.8, 4) is 11.3 Å². The van der Waals surface area contributed by atoms with Crippen molar-refractivity contribution in [1.29, 1.82) is 0 Å². The van der Waals surface area contributed by atoms with Gasteiger partial charge in [-0.15, -0.1) is 0 Å². The molecule has 3 rings (SSSR count). The van der Waals surface area contributed by atoms with Gasteiger partial charge in [-0.2, -0.15) is 5.10 Å². The average Bonchev–Trinajstić information content (AvgIpc) is 3.09. The van der Waals surface area contributed by atoms with Gasteiger partial charge in [-0.05, 0) is 44.0 Å².